The van der Waals surface area contributed by atoms with E-state index in [-0.39, 0.29) is 6.42 Å². The Bertz CT molecular complexity index is 441. The lowest BCUT2D eigenvalue weighted by atomic mass is 10.1. The SMILES string of the molecule is COc1cc(CCCC(=O)O)c2c(c1)OCCO2. The van der Waals surface area contributed by atoms with Crippen LogP contribution in [0, 0.1) is 0 Å². The number of aryl methyl sites for hydroxylation is 1. The molecule has 1 aliphatic heterocycles. The van der Waals surface area contributed by atoms with Crippen molar-refractivity contribution >= 4 is 5.97 Å². The summed E-state index contributed by atoms with van der Waals surface area (Å²) in [6, 6.07) is 3.66. The second-order valence-corrected chi connectivity index (χ2v) is 4.06. The zero-order valence-corrected chi connectivity index (χ0v) is 10.3. The summed E-state index contributed by atoms with van der Waals surface area (Å²) in [6.07, 6.45) is 1.35. The summed E-state index contributed by atoms with van der Waals surface area (Å²) in [7, 11) is 1.59. The summed E-state index contributed by atoms with van der Waals surface area (Å²) in [5.74, 6) is 1.30. The number of fused-ring (bicyclic) bond motifs is 1. The summed E-state index contributed by atoms with van der Waals surface area (Å²) in [4.78, 5) is 10.5. The minimum absolute atomic E-state index is 0.146. The van der Waals surface area contributed by atoms with E-state index in [1.807, 2.05) is 6.07 Å². The van der Waals surface area contributed by atoms with E-state index in [1.165, 1.54) is 0 Å². The third kappa shape index (κ3) is 2.85. The smallest absolute Gasteiger partial charge is 0.303 e. The van der Waals surface area contributed by atoms with Gasteiger partial charge in [-0.05, 0) is 18.9 Å². The molecule has 18 heavy (non-hydrogen) atoms. The first-order chi connectivity index (χ1) is 8.70. The van der Waals surface area contributed by atoms with Gasteiger partial charge in [-0.2, -0.15) is 0 Å². The van der Waals surface area contributed by atoms with Gasteiger partial charge < -0.3 is 19.3 Å². The van der Waals surface area contributed by atoms with E-state index in [0.29, 0.717) is 43.3 Å². The first-order valence-corrected chi connectivity index (χ1v) is 5.89. The van der Waals surface area contributed by atoms with E-state index < -0.39 is 5.97 Å². The van der Waals surface area contributed by atoms with Gasteiger partial charge in [0.25, 0.3) is 0 Å². The van der Waals surface area contributed by atoms with Gasteiger partial charge >= 0.3 is 5.97 Å². The molecule has 0 saturated carbocycles. The molecule has 0 aliphatic carbocycles. The lowest BCUT2D eigenvalue weighted by Crippen LogP contribution is -2.16. The molecule has 1 aromatic carbocycles. The number of carboxylic acid groups (broad SMARTS) is 1. The first kappa shape index (κ1) is 12.5. The number of hydrogen-bond donors (Lipinski definition) is 1. The van der Waals surface area contributed by atoms with E-state index in [2.05, 4.69) is 0 Å². The predicted octanol–water partition coefficient (Wildman–Crippen LogP) is 1.87. The van der Waals surface area contributed by atoms with Crippen LogP contribution in [0.3, 0.4) is 0 Å². The summed E-state index contributed by atoms with van der Waals surface area (Å²) >= 11 is 0. The Kier molecular flexibility index (Phi) is 3.92. The van der Waals surface area contributed by atoms with Gasteiger partial charge in [0.2, 0.25) is 0 Å². The quantitative estimate of drug-likeness (QED) is 0.866. The van der Waals surface area contributed by atoms with Crippen molar-refractivity contribution in [2.75, 3.05) is 20.3 Å². The summed E-state index contributed by atoms with van der Waals surface area (Å²) in [5, 5.41) is 8.65. The maximum Gasteiger partial charge on any atom is 0.303 e. The molecule has 1 N–H and O–H groups in total. The van der Waals surface area contributed by atoms with Crippen molar-refractivity contribution in [2.45, 2.75) is 19.3 Å². The van der Waals surface area contributed by atoms with Crippen LogP contribution >= 0.6 is 0 Å². The minimum atomic E-state index is -0.788. The molecule has 0 radical (unpaired) electrons. The number of rotatable bonds is 5. The second-order valence-electron chi connectivity index (χ2n) is 4.06. The van der Waals surface area contributed by atoms with Crippen LogP contribution in [0.25, 0.3) is 0 Å². The van der Waals surface area contributed by atoms with Gasteiger partial charge in [0.05, 0.1) is 7.11 Å². The average molecular weight is 252 g/mol. The fourth-order valence-corrected chi connectivity index (χ4v) is 1.93. The molecule has 1 aromatic rings. The van der Waals surface area contributed by atoms with Gasteiger partial charge in [0.1, 0.15) is 19.0 Å². The average Bonchev–Trinajstić information content (AvgIpc) is 2.38. The topological polar surface area (TPSA) is 65.0 Å². The molecule has 5 nitrogen and oxygen atoms in total. The van der Waals surface area contributed by atoms with Crippen LogP contribution < -0.4 is 14.2 Å². The number of hydrogen-bond acceptors (Lipinski definition) is 4. The van der Waals surface area contributed by atoms with Crippen molar-refractivity contribution in [2.24, 2.45) is 0 Å². The van der Waals surface area contributed by atoms with Crippen LogP contribution in [0.1, 0.15) is 18.4 Å². The molecule has 0 saturated heterocycles. The Morgan fingerprint density at radius 3 is 2.89 bits per heavy atom. The molecule has 2 rings (SSSR count). The number of carbonyl (C=O) groups is 1. The van der Waals surface area contributed by atoms with Gasteiger partial charge in [-0.1, -0.05) is 0 Å². The molecule has 0 unspecified atom stereocenters. The van der Waals surface area contributed by atoms with Crippen LogP contribution in [0.5, 0.6) is 17.2 Å². The van der Waals surface area contributed by atoms with Crippen LogP contribution in [0.2, 0.25) is 0 Å². The molecule has 0 aromatic heterocycles. The van der Waals surface area contributed by atoms with Crippen molar-refractivity contribution < 1.29 is 24.1 Å². The number of methoxy groups -OCH3 is 1. The molecule has 0 amide bonds. The van der Waals surface area contributed by atoms with Crippen molar-refractivity contribution in [1.82, 2.24) is 0 Å². The van der Waals surface area contributed by atoms with Crippen LogP contribution in [0.4, 0.5) is 0 Å². The zero-order chi connectivity index (χ0) is 13.0. The highest BCUT2D eigenvalue weighted by Crippen LogP contribution is 2.38. The number of benzene rings is 1. The van der Waals surface area contributed by atoms with E-state index >= 15 is 0 Å². The zero-order valence-electron chi connectivity index (χ0n) is 10.3. The van der Waals surface area contributed by atoms with Crippen molar-refractivity contribution in [3.05, 3.63) is 17.7 Å². The molecule has 98 valence electrons. The third-order valence-corrected chi connectivity index (χ3v) is 2.77. The van der Waals surface area contributed by atoms with Crippen LogP contribution in [-0.2, 0) is 11.2 Å². The van der Waals surface area contributed by atoms with Crippen molar-refractivity contribution in [1.29, 1.82) is 0 Å². The molecule has 0 atom stereocenters. The molecule has 5 heteroatoms. The third-order valence-electron chi connectivity index (χ3n) is 2.77. The number of aliphatic carboxylic acids is 1. The number of carboxylic acids is 1. The van der Waals surface area contributed by atoms with E-state index in [9.17, 15) is 4.79 Å². The Hall–Kier alpha value is -1.91. The first-order valence-electron chi connectivity index (χ1n) is 5.89. The monoisotopic (exact) mass is 252 g/mol. The Morgan fingerprint density at radius 1 is 1.39 bits per heavy atom. The van der Waals surface area contributed by atoms with Crippen LogP contribution in [-0.4, -0.2) is 31.4 Å². The highest BCUT2D eigenvalue weighted by Gasteiger charge is 2.18. The molecular formula is C13H16O5. The summed E-state index contributed by atoms with van der Waals surface area (Å²) in [5.41, 5.74) is 0.935. The Labute approximate surface area is 105 Å². The molecule has 1 heterocycles. The van der Waals surface area contributed by atoms with Crippen LogP contribution in [0.15, 0.2) is 12.1 Å². The molecule has 0 spiro atoms. The highest BCUT2D eigenvalue weighted by atomic mass is 16.6. The molecule has 0 bridgehead atoms. The van der Waals surface area contributed by atoms with E-state index in [4.69, 9.17) is 19.3 Å². The molecular weight excluding hydrogens is 236 g/mol. The lowest BCUT2D eigenvalue weighted by molar-refractivity contribution is -0.137. The second kappa shape index (κ2) is 5.62. The fraction of sp³-hybridized carbons (Fsp3) is 0.462. The largest absolute Gasteiger partial charge is 0.497 e. The maximum atomic E-state index is 10.5. The van der Waals surface area contributed by atoms with Gasteiger partial charge in [0.15, 0.2) is 11.5 Å². The van der Waals surface area contributed by atoms with Crippen molar-refractivity contribution in [3.63, 3.8) is 0 Å². The van der Waals surface area contributed by atoms with Gasteiger partial charge in [-0.3, -0.25) is 4.79 Å². The normalized spacial score (nSPS) is 13.2. The maximum absolute atomic E-state index is 10.5. The van der Waals surface area contributed by atoms with E-state index in [0.717, 1.165) is 5.56 Å². The van der Waals surface area contributed by atoms with Gasteiger partial charge in [0, 0.05) is 18.1 Å². The standard InChI is InChI=1S/C13H16O5/c1-16-10-7-9(3-2-4-12(14)15)13-11(8-10)17-5-6-18-13/h7-8H,2-6H2,1H3,(H,14,15). The fourth-order valence-electron chi connectivity index (χ4n) is 1.93. The van der Waals surface area contributed by atoms with Gasteiger partial charge in [-0.25, -0.2) is 0 Å². The minimum Gasteiger partial charge on any atom is -0.497 e. The Morgan fingerprint density at radius 2 is 2.17 bits per heavy atom. The summed E-state index contributed by atoms with van der Waals surface area (Å²) < 4.78 is 16.3. The van der Waals surface area contributed by atoms with Gasteiger partial charge in [-0.15, -0.1) is 0 Å². The van der Waals surface area contributed by atoms with Crippen molar-refractivity contribution in [3.8, 4) is 17.2 Å². The summed E-state index contributed by atoms with van der Waals surface area (Å²) in [6.45, 7) is 1.04. The molecule has 0 fully saturated rings. The number of ether oxygens (including phenoxy) is 3. The highest BCUT2D eigenvalue weighted by molar-refractivity contribution is 5.66. The lowest BCUT2D eigenvalue weighted by Gasteiger charge is -2.22. The van der Waals surface area contributed by atoms with E-state index in [1.54, 1.807) is 13.2 Å². The molecule has 1 aliphatic rings. The predicted molar refractivity (Wildman–Crippen MR) is 64.6 cm³/mol. The Balaban J connectivity index is 2.18.